The van der Waals surface area contributed by atoms with Gasteiger partial charge in [0.1, 0.15) is 0 Å². The predicted molar refractivity (Wildman–Crippen MR) is 74.4 cm³/mol. The molecule has 8 nitrogen and oxygen atoms in total. The molecule has 1 aromatic heterocycles. The van der Waals surface area contributed by atoms with Gasteiger partial charge < -0.3 is 15.3 Å². The van der Waals surface area contributed by atoms with Crippen molar-refractivity contribution in [3.05, 3.63) is 29.8 Å². The number of rotatable bonds is 2. The monoisotopic (exact) mass is 288 g/mol. The number of nitrogens with zero attached hydrogens (tertiary/aromatic N) is 4. The number of aliphatic hydroxyl groups is 1. The molecule has 1 aliphatic heterocycles. The Morgan fingerprint density at radius 1 is 1.38 bits per heavy atom. The number of tetrazole rings is 1. The highest BCUT2D eigenvalue weighted by atomic mass is 16.3. The average molecular weight is 288 g/mol. The van der Waals surface area contributed by atoms with Crippen LogP contribution in [-0.4, -0.2) is 68.8 Å². The molecule has 3 N–H and O–H groups in total. The summed E-state index contributed by atoms with van der Waals surface area (Å²) in [5.74, 6) is 0.241. The molecule has 1 aromatic carbocycles. The Kier molecular flexibility index (Phi) is 3.89. The first-order valence-corrected chi connectivity index (χ1v) is 6.76. The Morgan fingerprint density at radius 2 is 2.24 bits per heavy atom. The van der Waals surface area contributed by atoms with Gasteiger partial charge in [-0.2, -0.15) is 5.21 Å². The fourth-order valence-electron chi connectivity index (χ4n) is 2.39. The second-order valence-electron chi connectivity index (χ2n) is 4.89. The standard InChI is InChI=1S/C13H16N6O2/c20-9-7-14-5-6-19(8-9)13(21)11-4-2-1-3-10(11)12-15-17-18-16-12/h1-4,9,14,20H,5-8H2,(H,15,16,17,18)/t9-/m0/s1. The van der Waals surface area contributed by atoms with Crippen LogP contribution in [0.4, 0.5) is 0 Å². The van der Waals surface area contributed by atoms with E-state index in [9.17, 15) is 9.90 Å². The Hall–Kier alpha value is -2.32. The van der Waals surface area contributed by atoms with Crippen LogP contribution in [0.25, 0.3) is 11.4 Å². The van der Waals surface area contributed by atoms with Gasteiger partial charge in [-0.3, -0.25) is 4.79 Å². The molecule has 8 heteroatoms. The van der Waals surface area contributed by atoms with E-state index in [1.54, 1.807) is 23.1 Å². The lowest BCUT2D eigenvalue weighted by Gasteiger charge is -2.22. The number of β-amino-alcohol motifs (C(OH)–C–C–N with tert-alkyl or cyclic N) is 1. The molecule has 0 saturated carbocycles. The van der Waals surface area contributed by atoms with Crippen molar-refractivity contribution < 1.29 is 9.90 Å². The third-order valence-corrected chi connectivity index (χ3v) is 3.40. The van der Waals surface area contributed by atoms with Crippen molar-refractivity contribution >= 4 is 5.91 Å². The first-order chi connectivity index (χ1) is 10.3. The predicted octanol–water partition coefficient (Wildman–Crippen LogP) is -0.727. The van der Waals surface area contributed by atoms with E-state index in [0.29, 0.717) is 43.1 Å². The molecule has 0 bridgehead atoms. The maximum absolute atomic E-state index is 12.7. The zero-order chi connectivity index (χ0) is 14.7. The van der Waals surface area contributed by atoms with Gasteiger partial charge in [-0.1, -0.05) is 18.2 Å². The van der Waals surface area contributed by atoms with E-state index in [2.05, 4.69) is 25.9 Å². The van der Waals surface area contributed by atoms with E-state index < -0.39 is 6.10 Å². The van der Waals surface area contributed by atoms with E-state index in [1.807, 2.05) is 6.07 Å². The molecule has 0 aliphatic carbocycles. The summed E-state index contributed by atoms with van der Waals surface area (Å²) in [5, 5.41) is 26.7. The first kappa shape index (κ1) is 13.7. The number of hydrogen-bond acceptors (Lipinski definition) is 6. The number of H-pyrrole nitrogens is 1. The third kappa shape index (κ3) is 2.91. The minimum atomic E-state index is -0.561. The van der Waals surface area contributed by atoms with Gasteiger partial charge in [0.05, 0.1) is 11.7 Å². The van der Waals surface area contributed by atoms with E-state index in [4.69, 9.17) is 0 Å². The molecule has 0 spiro atoms. The van der Waals surface area contributed by atoms with Gasteiger partial charge in [0, 0.05) is 31.7 Å². The lowest BCUT2D eigenvalue weighted by atomic mass is 10.1. The molecule has 3 rings (SSSR count). The molecule has 1 amide bonds. The number of aliphatic hydroxyl groups excluding tert-OH is 1. The van der Waals surface area contributed by atoms with Crippen molar-refractivity contribution in [3.8, 4) is 11.4 Å². The summed E-state index contributed by atoms with van der Waals surface area (Å²) in [6, 6.07) is 7.13. The fraction of sp³-hybridized carbons (Fsp3) is 0.385. The first-order valence-electron chi connectivity index (χ1n) is 6.76. The lowest BCUT2D eigenvalue weighted by Crippen LogP contribution is -2.38. The second kappa shape index (κ2) is 5.98. The molecule has 1 saturated heterocycles. The van der Waals surface area contributed by atoms with Crippen LogP contribution < -0.4 is 5.32 Å². The van der Waals surface area contributed by atoms with Crippen molar-refractivity contribution in [3.63, 3.8) is 0 Å². The quantitative estimate of drug-likeness (QED) is 0.673. The number of carbonyl (C=O) groups excluding carboxylic acids is 1. The molecule has 0 radical (unpaired) electrons. The normalized spacial score (nSPS) is 19.3. The highest BCUT2D eigenvalue weighted by Crippen LogP contribution is 2.21. The van der Waals surface area contributed by atoms with Gasteiger partial charge in [-0.05, 0) is 11.3 Å². The number of nitrogens with one attached hydrogen (secondary N) is 2. The van der Waals surface area contributed by atoms with Crippen molar-refractivity contribution in [1.29, 1.82) is 0 Å². The van der Waals surface area contributed by atoms with Gasteiger partial charge >= 0.3 is 0 Å². The molecule has 0 unspecified atom stereocenters. The molecule has 2 heterocycles. The van der Waals surface area contributed by atoms with Crippen LogP contribution in [0, 0.1) is 0 Å². The minimum absolute atomic E-state index is 0.141. The summed E-state index contributed by atoms with van der Waals surface area (Å²) in [4.78, 5) is 14.4. The topological polar surface area (TPSA) is 107 Å². The third-order valence-electron chi connectivity index (χ3n) is 3.40. The van der Waals surface area contributed by atoms with Crippen LogP contribution in [0.3, 0.4) is 0 Å². The van der Waals surface area contributed by atoms with Gasteiger partial charge in [-0.15, -0.1) is 10.2 Å². The highest BCUT2D eigenvalue weighted by Gasteiger charge is 2.24. The molecule has 1 aliphatic rings. The largest absolute Gasteiger partial charge is 0.390 e. The molecule has 2 aromatic rings. The molecule has 1 fully saturated rings. The average Bonchev–Trinajstić information content (AvgIpc) is 2.95. The minimum Gasteiger partial charge on any atom is -0.390 e. The Balaban J connectivity index is 1.91. The number of aromatic amines is 1. The lowest BCUT2D eigenvalue weighted by molar-refractivity contribution is 0.0673. The van der Waals surface area contributed by atoms with Crippen molar-refractivity contribution in [2.75, 3.05) is 26.2 Å². The summed E-state index contributed by atoms with van der Waals surface area (Å²) < 4.78 is 0. The van der Waals surface area contributed by atoms with Crippen molar-refractivity contribution in [2.24, 2.45) is 0 Å². The van der Waals surface area contributed by atoms with Crippen LogP contribution in [0.2, 0.25) is 0 Å². The zero-order valence-corrected chi connectivity index (χ0v) is 11.4. The molecule has 1 atom stereocenters. The Bertz CT molecular complexity index is 615. The number of aromatic nitrogens is 4. The summed E-state index contributed by atoms with van der Waals surface area (Å²) in [6.07, 6.45) is -0.561. The van der Waals surface area contributed by atoms with Crippen LogP contribution in [0.1, 0.15) is 10.4 Å². The summed E-state index contributed by atoms with van der Waals surface area (Å²) in [6.45, 7) is 2.02. The van der Waals surface area contributed by atoms with E-state index in [0.717, 1.165) is 0 Å². The van der Waals surface area contributed by atoms with E-state index >= 15 is 0 Å². The Labute approximate surface area is 121 Å². The number of amides is 1. The molecular formula is C13H16N6O2. The van der Waals surface area contributed by atoms with E-state index in [1.165, 1.54) is 0 Å². The number of carbonyl (C=O) groups is 1. The maximum Gasteiger partial charge on any atom is 0.254 e. The van der Waals surface area contributed by atoms with Crippen LogP contribution in [0.5, 0.6) is 0 Å². The van der Waals surface area contributed by atoms with Gasteiger partial charge in [-0.25, -0.2) is 0 Å². The number of benzene rings is 1. The zero-order valence-electron chi connectivity index (χ0n) is 11.4. The molecular weight excluding hydrogens is 272 g/mol. The van der Waals surface area contributed by atoms with Crippen molar-refractivity contribution in [1.82, 2.24) is 30.8 Å². The highest BCUT2D eigenvalue weighted by molar-refractivity contribution is 6.00. The fourth-order valence-corrected chi connectivity index (χ4v) is 2.39. The van der Waals surface area contributed by atoms with Gasteiger partial charge in [0.25, 0.3) is 5.91 Å². The SMILES string of the molecule is O=C(c1ccccc1-c1nn[nH]n1)N1CCNC[C@H](O)C1. The molecule has 21 heavy (non-hydrogen) atoms. The summed E-state index contributed by atoms with van der Waals surface area (Å²) in [5.41, 5.74) is 1.14. The van der Waals surface area contributed by atoms with Crippen molar-refractivity contribution in [2.45, 2.75) is 6.10 Å². The van der Waals surface area contributed by atoms with E-state index in [-0.39, 0.29) is 5.91 Å². The smallest absolute Gasteiger partial charge is 0.254 e. The molecule has 110 valence electrons. The van der Waals surface area contributed by atoms with Gasteiger partial charge in [0.15, 0.2) is 0 Å². The van der Waals surface area contributed by atoms with Crippen LogP contribution in [-0.2, 0) is 0 Å². The number of hydrogen-bond donors (Lipinski definition) is 3. The van der Waals surface area contributed by atoms with Gasteiger partial charge in [0.2, 0.25) is 5.82 Å². The maximum atomic E-state index is 12.7. The van der Waals surface area contributed by atoms with Crippen LogP contribution in [0.15, 0.2) is 24.3 Å². The summed E-state index contributed by atoms with van der Waals surface area (Å²) in [7, 11) is 0. The second-order valence-corrected chi connectivity index (χ2v) is 4.89. The summed E-state index contributed by atoms with van der Waals surface area (Å²) >= 11 is 0. The van der Waals surface area contributed by atoms with Crippen LogP contribution >= 0.6 is 0 Å². The Morgan fingerprint density at radius 3 is 3.05 bits per heavy atom.